The number of methoxy groups -OCH3 is 2. The molecule has 1 aromatic rings. The molecule has 0 saturated carbocycles. The van der Waals surface area contributed by atoms with E-state index in [-0.39, 0.29) is 5.91 Å². The van der Waals surface area contributed by atoms with E-state index in [2.05, 4.69) is 10.6 Å². The topological polar surface area (TPSA) is 59.6 Å². The van der Waals surface area contributed by atoms with E-state index in [0.29, 0.717) is 6.61 Å². The second kappa shape index (κ2) is 6.91. The Labute approximate surface area is 126 Å². The quantitative estimate of drug-likeness (QED) is 0.871. The highest BCUT2D eigenvalue weighted by atomic mass is 16.5. The van der Waals surface area contributed by atoms with Gasteiger partial charge in [0.25, 0.3) is 0 Å². The van der Waals surface area contributed by atoms with Gasteiger partial charge >= 0.3 is 0 Å². The number of rotatable bonds is 5. The summed E-state index contributed by atoms with van der Waals surface area (Å²) in [4.78, 5) is 12.7. The number of nitrogens with one attached hydrogen (secondary N) is 2. The van der Waals surface area contributed by atoms with Crippen LogP contribution >= 0.6 is 0 Å². The predicted molar refractivity (Wildman–Crippen MR) is 82.8 cm³/mol. The van der Waals surface area contributed by atoms with Gasteiger partial charge in [-0.05, 0) is 56.6 Å². The summed E-state index contributed by atoms with van der Waals surface area (Å²) in [5.74, 6) is 0.858. The third-order valence-electron chi connectivity index (χ3n) is 4.12. The molecule has 0 aromatic heterocycles. The summed E-state index contributed by atoms with van der Waals surface area (Å²) in [5, 5.41) is 6.32. The first kappa shape index (κ1) is 15.8. The van der Waals surface area contributed by atoms with Crippen molar-refractivity contribution in [3.05, 3.63) is 23.8 Å². The molecule has 0 radical (unpaired) electrons. The molecule has 1 aliphatic rings. The Morgan fingerprint density at radius 1 is 1.33 bits per heavy atom. The van der Waals surface area contributed by atoms with Crippen LogP contribution < -0.4 is 15.4 Å². The molecule has 1 amide bonds. The van der Waals surface area contributed by atoms with Crippen molar-refractivity contribution in [1.29, 1.82) is 0 Å². The molecule has 1 aliphatic heterocycles. The molecule has 2 N–H and O–H groups in total. The third kappa shape index (κ3) is 3.54. The first-order valence-electron chi connectivity index (χ1n) is 7.27. The first-order chi connectivity index (χ1) is 10.1. The van der Waals surface area contributed by atoms with Gasteiger partial charge in [0.15, 0.2) is 0 Å². The van der Waals surface area contributed by atoms with Gasteiger partial charge in [-0.25, -0.2) is 0 Å². The molecule has 116 valence electrons. The maximum atomic E-state index is 12.7. The van der Waals surface area contributed by atoms with E-state index >= 15 is 0 Å². The molecule has 0 bridgehead atoms. The van der Waals surface area contributed by atoms with Gasteiger partial charge in [-0.15, -0.1) is 0 Å². The van der Waals surface area contributed by atoms with Crippen molar-refractivity contribution >= 4 is 11.6 Å². The van der Waals surface area contributed by atoms with Gasteiger partial charge in [0.05, 0.1) is 19.1 Å². The van der Waals surface area contributed by atoms with Gasteiger partial charge in [-0.2, -0.15) is 0 Å². The van der Waals surface area contributed by atoms with Crippen molar-refractivity contribution in [3.63, 3.8) is 0 Å². The van der Waals surface area contributed by atoms with Gasteiger partial charge in [-0.1, -0.05) is 0 Å². The number of aryl methyl sites for hydroxylation is 1. The Hall–Kier alpha value is -1.59. The van der Waals surface area contributed by atoms with E-state index in [1.165, 1.54) is 0 Å². The van der Waals surface area contributed by atoms with Gasteiger partial charge in [0.2, 0.25) is 5.91 Å². The number of piperidine rings is 1. The Morgan fingerprint density at radius 3 is 2.62 bits per heavy atom. The van der Waals surface area contributed by atoms with Crippen LogP contribution in [0, 0.1) is 12.3 Å². The fraction of sp³-hybridized carbons (Fsp3) is 0.562. The van der Waals surface area contributed by atoms with Crippen molar-refractivity contribution in [1.82, 2.24) is 5.32 Å². The van der Waals surface area contributed by atoms with Crippen LogP contribution in [0.2, 0.25) is 0 Å². The van der Waals surface area contributed by atoms with E-state index in [0.717, 1.165) is 42.9 Å². The Morgan fingerprint density at radius 2 is 2.05 bits per heavy atom. The second-order valence-corrected chi connectivity index (χ2v) is 5.60. The maximum absolute atomic E-state index is 12.7. The summed E-state index contributed by atoms with van der Waals surface area (Å²) in [6.45, 7) is 4.11. The van der Waals surface area contributed by atoms with E-state index in [9.17, 15) is 4.79 Å². The highest BCUT2D eigenvalue weighted by Gasteiger charge is 2.39. The molecule has 5 heteroatoms. The molecule has 5 nitrogen and oxygen atoms in total. The van der Waals surface area contributed by atoms with E-state index in [1.54, 1.807) is 14.2 Å². The van der Waals surface area contributed by atoms with Crippen LogP contribution in [-0.2, 0) is 9.53 Å². The van der Waals surface area contributed by atoms with Crippen molar-refractivity contribution in [2.24, 2.45) is 5.41 Å². The van der Waals surface area contributed by atoms with Crippen LogP contribution in [0.4, 0.5) is 5.69 Å². The average molecular weight is 292 g/mol. The lowest BCUT2D eigenvalue weighted by molar-refractivity contribution is -0.130. The zero-order valence-corrected chi connectivity index (χ0v) is 13.0. The second-order valence-electron chi connectivity index (χ2n) is 5.60. The number of amides is 1. The minimum atomic E-state index is -0.437. The minimum absolute atomic E-state index is 0.0374. The average Bonchev–Trinajstić information content (AvgIpc) is 2.48. The number of benzene rings is 1. The van der Waals surface area contributed by atoms with Crippen LogP contribution in [-0.4, -0.2) is 39.8 Å². The summed E-state index contributed by atoms with van der Waals surface area (Å²) in [5.41, 5.74) is 1.36. The van der Waals surface area contributed by atoms with Gasteiger partial charge in [0.1, 0.15) is 5.75 Å². The van der Waals surface area contributed by atoms with E-state index in [4.69, 9.17) is 9.47 Å². The molecule has 1 aromatic carbocycles. The lowest BCUT2D eigenvalue weighted by Crippen LogP contribution is -2.47. The summed E-state index contributed by atoms with van der Waals surface area (Å²) in [7, 11) is 3.29. The molecule has 0 spiro atoms. The maximum Gasteiger partial charge on any atom is 0.233 e. The van der Waals surface area contributed by atoms with Crippen LogP contribution in [0.25, 0.3) is 0 Å². The highest BCUT2D eigenvalue weighted by Crippen LogP contribution is 2.31. The number of hydrogen-bond donors (Lipinski definition) is 2. The standard InChI is InChI=1S/C16H24N2O3/c1-12-10-13(4-5-14(12)21-3)18-15(19)16(11-20-2)6-8-17-9-7-16/h4-5,10,17H,6-9,11H2,1-3H3,(H,18,19). The smallest absolute Gasteiger partial charge is 0.233 e. The van der Waals surface area contributed by atoms with Crippen molar-refractivity contribution in [3.8, 4) is 5.75 Å². The normalized spacial score (nSPS) is 17.3. The van der Waals surface area contributed by atoms with E-state index < -0.39 is 5.41 Å². The summed E-state index contributed by atoms with van der Waals surface area (Å²) in [6.07, 6.45) is 1.59. The van der Waals surface area contributed by atoms with Crippen molar-refractivity contribution in [2.45, 2.75) is 19.8 Å². The summed E-state index contributed by atoms with van der Waals surface area (Å²) < 4.78 is 10.5. The molecule has 21 heavy (non-hydrogen) atoms. The Bertz CT molecular complexity index is 491. The molecular formula is C16H24N2O3. The highest BCUT2D eigenvalue weighted by molar-refractivity contribution is 5.95. The van der Waals surface area contributed by atoms with E-state index in [1.807, 2.05) is 25.1 Å². The predicted octanol–water partition coefficient (Wildman–Crippen LogP) is 1.96. The van der Waals surface area contributed by atoms with Gasteiger partial charge in [-0.3, -0.25) is 4.79 Å². The summed E-state index contributed by atoms with van der Waals surface area (Å²) >= 11 is 0. The Kier molecular flexibility index (Phi) is 5.20. The number of carbonyl (C=O) groups is 1. The minimum Gasteiger partial charge on any atom is -0.496 e. The largest absolute Gasteiger partial charge is 0.496 e. The van der Waals surface area contributed by atoms with Crippen LogP contribution in [0.1, 0.15) is 18.4 Å². The lowest BCUT2D eigenvalue weighted by Gasteiger charge is -2.35. The van der Waals surface area contributed by atoms with Gasteiger partial charge < -0.3 is 20.1 Å². The summed E-state index contributed by atoms with van der Waals surface area (Å²) in [6, 6.07) is 5.67. The Balaban J connectivity index is 2.13. The molecule has 1 fully saturated rings. The number of ether oxygens (including phenoxy) is 2. The van der Waals surface area contributed by atoms with Crippen LogP contribution in [0.5, 0.6) is 5.75 Å². The molecule has 1 saturated heterocycles. The molecule has 0 atom stereocenters. The number of anilines is 1. The van der Waals surface area contributed by atoms with Gasteiger partial charge in [0, 0.05) is 12.8 Å². The molecule has 1 heterocycles. The zero-order valence-electron chi connectivity index (χ0n) is 13.0. The molecule has 0 unspecified atom stereocenters. The SMILES string of the molecule is COCC1(C(=O)Nc2ccc(OC)c(C)c2)CCNCC1. The molecular weight excluding hydrogens is 268 g/mol. The molecule has 0 aliphatic carbocycles. The van der Waals surface area contributed by atoms with Crippen molar-refractivity contribution in [2.75, 3.05) is 39.2 Å². The number of hydrogen-bond acceptors (Lipinski definition) is 4. The number of carbonyl (C=O) groups excluding carboxylic acids is 1. The van der Waals surface area contributed by atoms with Crippen molar-refractivity contribution < 1.29 is 14.3 Å². The fourth-order valence-corrected chi connectivity index (χ4v) is 2.84. The third-order valence-corrected chi connectivity index (χ3v) is 4.12. The first-order valence-corrected chi connectivity index (χ1v) is 7.27. The van der Waals surface area contributed by atoms with Crippen LogP contribution in [0.3, 0.4) is 0 Å². The van der Waals surface area contributed by atoms with Crippen LogP contribution in [0.15, 0.2) is 18.2 Å². The zero-order chi connectivity index (χ0) is 15.3. The molecule has 2 rings (SSSR count). The fourth-order valence-electron chi connectivity index (χ4n) is 2.84. The lowest BCUT2D eigenvalue weighted by atomic mass is 9.78. The monoisotopic (exact) mass is 292 g/mol.